The third-order valence-corrected chi connectivity index (χ3v) is 5.71. The number of amides is 1. The van der Waals surface area contributed by atoms with Gasteiger partial charge in [-0.15, -0.1) is 5.10 Å². The lowest BCUT2D eigenvalue weighted by atomic mass is 10.1. The first-order chi connectivity index (χ1) is 16.1. The highest BCUT2D eigenvalue weighted by atomic mass is 35.5. The molecule has 0 spiro atoms. The number of carbonyl (C=O) groups is 1. The van der Waals surface area contributed by atoms with E-state index in [2.05, 4.69) is 20.8 Å². The van der Waals surface area contributed by atoms with Crippen LogP contribution in [0.2, 0.25) is 5.02 Å². The summed E-state index contributed by atoms with van der Waals surface area (Å²) < 4.78 is 7.23. The lowest BCUT2D eigenvalue weighted by molar-refractivity contribution is 0.0948. The van der Waals surface area contributed by atoms with E-state index in [4.69, 9.17) is 16.1 Å². The molecule has 0 saturated heterocycles. The number of nitrogens with one attached hydrogen (secondary N) is 1. The van der Waals surface area contributed by atoms with E-state index in [1.54, 1.807) is 16.8 Å². The number of fused-ring (bicyclic) bond motifs is 1. The third kappa shape index (κ3) is 4.23. The van der Waals surface area contributed by atoms with Crippen LogP contribution in [0.1, 0.15) is 21.7 Å². The summed E-state index contributed by atoms with van der Waals surface area (Å²) >= 11 is 6.01. The molecule has 33 heavy (non-hydrogen) atoms. The molecule has 0 aliphatic rings. The van der Waals surface area contributed by atoms with Crippen molar-refractivity contribution in [3.8, 4) is 17.0 Å². The van der Waals surface area contributed by atoms with Crippen LogP contribution in [0, 0.1) is 6.92 Å². The quantitative estimate of drug-likeness (QED) is 0.387. The summed E-state index contributed by atoms with van der Waals surface area (Å²) in [6.07, 6.45) is 0.747. The molecule has 1 amide bonds. The zero-order valence-corrected chi connectivity index (χ0v) is 18.6. The summed E-state index contributed by atoms with van der Waals surface area (Å²) in [6, 6.07) is 23.0. The second-order valence-corrected chi connectivity index (χ2v) is 8.08. The second-order valence-electron chi connectivity index (χ2n) is 7.65. The summed E-state index contributed by atoms with van der Waals surface area (Å²) in [5.41, 5.74) is 4.46. The van der Waals surface area contributed by atoms with E-state index in [1.165, 1.54) is 0 Å². The van der Waals surface area contributed by atoms with Gasteiger partial charge in [-0.25, -0.2) is 4.68 Å². The van der Waals surface area contributed by atoms with Crippen LogP contribution in [0.3, 0.4) is 0 Å². The molecular formula is C25H20ClN5O2. The van der Waals surface area contributed by atoms with Crippen molar-refractivity contribution in [1.82, 2.24) is 25.5 Å². The lowest BCUT2D eigenvalue weighted by Crippen LogP contribution is -2.26. The van der Waals surface area contributed by atoms with E-state index < -0.39 is 0 Å². The van der Waals surface area contributed by atoms with Crippen molar-refractivity contribution in [2.24, 2.45) is 0 Å². The number of carbonyl (C=O) groups excluding carboxylic acids is 1. The minimum atomic E-state index is -0.248. The lowest BCUT2D eigenvalue weighted by Gasteiger charge is -2.06. The molecule has 0 atom stereocenters. The van der Waals surface area contributed by atoms with E-state index in [1.807, 2.05) is 67.6 Å². The molecule has 0 saturated carbocycles. The second kappa shape index (κ2) is 8.88. The molecule has 0 bridgehead atoms. The molecule has 164 valence electrons. The van der Waals surface area contributed by atoms with Crippen molar-refractivity contribution in [1.29, 1.82) is 0 Å². The molecule has 2 aromatic heterocycles. The van der Waals surface area contributed by atoms with Crippen LogP contribution in [0.5, 0.6) is 0 Å². The summed E-state index contributed by atoms with van der Waals surface area (Å²) in [6.45, 7) is 2.34. The number of aromatic nitrogens is 4. The van der Waals surface area contributed by atoms with Gasteiger partial charge in [0.05, 0.1) is 16.8 Å². The molecule has 8 heteroatoms. The third-order valence-electron chi connectivity index (χ3n) is 5.46. The Labute approximate surface area is 195 Å². The van der Waals surface area contributed by atoms with Crippen LogP contribution in [-0.2, 0) is 6.42 Å². The number of nitrogens with zero attached hydrogens (tertiary/aromatic N) is 4. The highest BCUT2D eigenvalue weighted by Crippen LogP contribution is 2.31. The number of hydrogen-bond acceptors (Lipinski definition) is 5. The molecule has 0 radical (unpaired) electrons. The molecular weight excluding hydrogens is 438 g/mol. The first-order valence-electron chi connectivity index (χ1n) is 10.5. The molecule has 7 nitrogen and oxygen atoms in total. The van der Waals surface area contributed by atoms with Gasteiger partial charge >= 0.3 is 0 Å². The predicted octanol–water partition coefficient (Wildman–Crippen LogP) is 5.01. The van der Waals surface area contributed by atoms with Gasteiger partial charge in [0.25, 0.3) is 5.91 Å². The molecule has 1 N–H and O–H groups in total. The predicted molar refractivity (Wildman–Crippen MR) is 127 cm³/mol. The van der Waals surface area contributed by atoms with E-state index in [0.29, 0.717) is 28.7 Å². The molecule has 2 heterocycles. The van der Waals surface area contributed by atoms with Crippen molar-refractivity contribution in [3.63, 3.8) is 0 Å². The SMILES string of the molecule is Cc1c(C(=O)NCCc2ccccc2)nnn1-c1ccc2noc(-c3ccc(Cl)cc3)c2c1. The minimum Gasteiger partial charge on any atom is -0.355 e. The van der Waals surface area contributed by atoms with Gasteiger partial charge in [-0.3, -0.25) is 4.79 Å². The van der Waals surface area contributed by atoms with Crippen LogP contribution < -0.4 is 5.32 Å². The average Bonchev–Trinajstić information content (AvgIpc) is 3.43. The Morgan fingerprint density at radius 3 is 2.64 bits per heavy atom. The van der Waals surface area contributed by atoms with Crippen LogP contribution >= 0.6 is 11.6 Å². The Bertz CT molecular complexity index is 1420. The van der Waals surface area contributed by atoms with Crippen LogP contribution in [0.15, 0.2) is 77.3 Å². The monoisotopic (exact) mass is 457 g/mol. The molecule has 0 aliphatic heterocycles. The van der Waals surface area contributed by atoms with E-state index in [-0.39, 0.29) is 5.91 Å². The van der Waals surface area contributed by atoms with Crippen molar-refractivity contribution in [2.45, 2.75) is 13.3 Å². The van der Waals surface area contributed by atoms with Gasteiger partial charge in [0.15, 0.2) is 11.5 Å². The van der Waals surface area contributed by atoms with Gasteiger partial charge in [-0.05, 0) is 61.4 Å². The number of benzene rings is 3. The highest BCUT2D eigenvalue weighted by molar-refractivity contribution is 6.30. The fourth-order valence-corrected chi connectivity index (χ4v) is 3.83. The van der Waals surface area contributed by atoms with Gasteiger partial charge < -0.3 is 9.84 Å². The van der Waals surface area contributed by atoms with Crippen molar-refractivity contribution < 1.29 is 9.32 Å². The molecule has 3 aromatic carbocycles. The maximum Gasteiger partial charge on any atom is 0.273 e. The molecule has 0 unspecified atom stereocenters. The van der Waals surface area contributed by atoms with Gasteiger partial charge in [0.2, 0.25) is 0 Å². The normalized spacial score (nSPS) is 11.1. The van der Waals surface area contributed by atoms with Gasteiger partial charge in [-0.2, -0.15) is 0 Å². The summed E-state index contributed by atoms with van der Waals surface area (Å²) in [5.74, 6) is 0.391. The maximum atomic E-state index is 12.7. The summed E-state index contributed by atoms with van der Waals surface area (Å²) in [4.78, 5) is 12.7. The minimum absolute atomic E-state index is 0.248. The van der Waals surface area contributed by atoms with E-state index >= 15 is 0 Å². The zero-order valence-electron chi connectivity index (χ0n) is 17.8. The zero-order chi connectivity index (χ0) is 22.8. The largest absolute Gasteiger partial charge is 0.355 e. The molecule has 0 fully saturated rings. The Kier molecular flexibility index (Phi) is 5.62. The molecule has 5 rings (SSSR count). The van der Waals surface area contributed by atoms with Gasteiger partial charge in [-0.1, -0.05) is 52.3 Å². The van der Waals surface area contributed by atoms with Crippen molar-refractivity contribution in [3.05, 3.63) is 94.8 Å². The van der Waals surface area contributed by atoms with Crippen LogP contribution in [0.4, 0.5) is 0 Å². The van der Waals surface area contributed by atoms with Gasteiger partial charge in [0, 0.05) is 17.1 Å². The average molecular weight is 458 g/mol. The topological polar surface area (TPSA) is 85.8 Å². The fraction of sp³-hybridized carbons (Fsp3) is 0.120. The van der Waals surface area contributed by atoms with E-state index in [0.717, 1.165) is 34.1 Å². The first-order valence-corrected chi connectivity index (χ1v) is 10.9. The molecule has 0 aliphatic carbocycles. The Morgan fingerprint density at radius 2 is 1.85 bits per heavy atom. The summed E-state index contributed by atoms with van der Waals surface area (Å²) in [5, 5.41) is 16.9. The maximum absolute atomic E-state index is 12.7. The smallest absolute Gasteiger partial charge is 0.273 e. The van der Waals surface area contributed by atoms with Gasteiger partial charge in [0.1, 0.15) is 5.52 Å². The Balaban J connectivity index is 1.38. The summed E-state index contributed by atoms with van der Waals surface area (Å²) in [7, 11) is 0. The standard InChI is InChI=1S/C25H20ClN5O2/c1-16-23(25(32)27-14-13-17-5-3-2-4-6-17)28-30-31(16)20-11-12-22-21(15-20)24(33-29-22)18-7-9-19(26)10-8-18/h2-12,15H,13-14H2,1H3,(H,27,32). The number of rotatable bonds is 6. The fourth-order valence-electron chi connectivity index (χ4n) is 3.70. The first kappa shape index (κ1) is 20.9. The Hall–Kier alpha value is -3.97. The van der Waals surface area contributed by atoms with Crippen molar-refractivity contribution in [2.75, 3.05) is 6.54 Å². The Morgan fingerprint density at radius 1 is 1.06 bits per heavy atom. The highest BCUT2D eigenvalue weighted by Gasteiger charge is 2.18. The van der Waals surface area contributed by atoms with Crippen LogP contribution in [-0.4, -0.2) is 32.6 Å². The molecule has 5 aromatic rings. The number of hydrogen-bond donors (Lipinski definition) is 1. The van der Waals surface area contributed by atoms with E-state index in [9.17, 15) is 4.79 Å². The number of halogens is 1. The van der Waals surface area contributed by atoms with Crippen LogP contribution in [0.25, 0.3) is 27.9 Å². The van der Waals surface area contributed by atoms with Crippen molar-refractivity contribution >= 4 is 28.4 Å².